The molecule has 3 aromatic rings. The van der Waals surface area contributed by atoms with Gasteiger partial charge < -0.3 is 14.5 Å². The maximum absolute atomic E-state index is 13.6. The van der Waals surface area contributed by atoms with E-state index in [1.807, 2.05) is 31.2 Å². The second-order valence-electron chi connectivity index (χ2n) is 8.59. The fourth-order valence-electron chi connectivity index (χ4n) is 4.48. The number of rotatable bonds is 6. The van der Waals surface area contributed by atoms with E-state index in [0.717, 1.165) is 30.9 Å². The van der Waals surface area contributed by atoms with Crippen molar-refractivity contribution >= 4 is 57.4 Å². The Morgan fingerprint density at radius 1 is 1.06 bits per heavy atom. The number of pyridine rings is 1. The predicted molar refractivity (Wildman–Crippen MR) is 149 cm³/mol. The van der Waals surface area contributed by atoms with Crippen molar-refractivity contribution in [2.24, 2.45) is 0 Å². The summed E-state index contributed by atoms with van der Waals surface area (Å²) in [6.45, 7) is 5.52. The zero-order valence-electron chi connectivity index (χ0n) is 20.2. The number of aromatic nitrogens is 2. The van der Waals surface area contributed by atoms with Crippen molar-refractivity contribution in [2.45, 2.75) is 13.3 Å². The van der Waals surface area contributed by atoms with Gasteiger partial charge in [0, 0.05) is 44.6 Å². The number of fused-ring (bicyclic) bond motifs is 1. The highest BCUT2D eigenvalue weighted by Gasteiger charge is 2.32. The van der Waals surface area contributed by atoms with Gasteiger partial charge in [0.05, 0.1) is 17.6 Å². The maximum Gasteiger partial charge on any atom is 0.267 e. The lowest BCUT2D eigenvalue weighted by Gasteiger charge is -2.37. The van der Waals surface area contributed by atoms with E-state index in [0.29, 0.717) is 45.9 Å². The lowest BCUT2D eigenvalue weighted by molar-refractivity contribution is -0.122. The number of methoxy groups -OCH3 is 1. The molecule has 4 heterocycles. The first-order valence-corrected chi connectivity index (χ1v) is 13.1. The first-order valence-electron chi connectivity index (χ1n) is 11.9. The molecule has 2 aliphatic rings. The third-order valence-electron chi connectivity index (χ3n) is 6.36. The van der Waals surface area contributed by atoms with Gasteiger partial charge in [0.15, 0.2) is 0 Å². The molecule has 2 aliphatic heterocycles. The van der Waals surface area contributed by atoms with Crippen LogP contribution in [0.15, 0.2) is 58.4 Å². The van der Waals surface area contributed by atoms with Crippen LogP contribution in [-0.4, -0.2) is 64.3 Å². The van der Waals surface area contributed by atoms with Crippen LogP contribution < -0.4 is 20.1 Å². The van der Waals surface area contributed by atoms with Gasteiger partial charge in [0.1, 0.15) is 21.5 Å². The first kappa shape index (κ1) is 24.3. The summed E-state index contributed by atoms with van der Waals surface area (Å²) < 4.78 is 7.32. The number of hydrogen-bond donors (Lipinski definition) is 0. The summed E-state index contributed by atoms with van der Waals surface area (Å²) in [5.74, 6) is 1.27. The summed E-state index contributed by atoms with van der Waals surface area (Å²) in [4.78, 5) is 38.0. The minimum Gasteiger partial charge on any atom is -0.497 e. The normalized spacial score (nSPS) is 17.5. The summed E-state index contributed by atoms with van der Waals surface area (Å²) in [5, 5.41) is 0. The van der Waals surface area contributed by atoms with Gasteiger partial charge in [-0.3, -0.25) is 18.9 Å². The lowest BCUT2D eigenvalue weighted by Crippen LogP contribution is -2.47. The van der Waals surface area contributed by atoms with Crippen LogP contribution >= 0.6 is 24.0 Å². The van der Waals surface area contributed by atoms with Crippen LogP contribution in [0.3, 0.4) is 0 Å². The monoisotopic (exact) mass is 521 g/mol. The standard InChI is InChI=1S/C26H27N5O3S2/c1-3-11-31-25(33)21(36-26(31)35)17-20-23(27-22-6-4-5-12-30(22)24(20)32)29-15-13-28(14-16-29)18-7-9-19(34-2)10-8-18/h4-10,12,17H,3,11,13-16H2,1-2H3. The maximum atomic E-state index is 13.6. The molecule has 2 saturated heterocycles. The Morgan fingerprint density at radius 3 is 2.47 bits per heavy atom. The van der Waals surface area contributed by atoms with Crippen LogP contribution in [0.1, 0.15) is 18.9 Å². The quantitative estimate of drug-likeness (QED) is 0.360. The average molecular weight is 522 g/mol. The van der Waals surface area contributed by atoms with Crippen molar-refractivity contribution < 1.29 is 9.53 Å². The third-order valence-corrected chi connectivity index (χ3v) is 7.74. The van der Waals surface area contributed by atoms with Crippen molar-refractivity contribution in [3.63, 3.8) is 0 Å². The number of piperazine rings is 1. The van der Waals surface area contributed by atoms with Crippen LogP contribution in [0.25, 0.3) is 11.7 Å². The van der Waals surface area contributed by atoms with Crippen LogP contribution in [0.5, 0.6) is 5.75 Å². The number of nitrogens with zero attached hydrogens (tertiary/aromatic N) is 5. The van der Waals surface area contributed by atoms with E-state index >= 15 is 0 Å². The van der Waals surface area contributed by atoms with E-state index in [2.05, 4.69) is 21.9 Å². The molecule has 2 fully saturated rings. The van der Waals surface area contributed by atoms with Crippen molar-refractivity contribution in [1.82, 2.24) is 14.3 Å². The topological polar surface area (TPSA) is 70.4 Å². The van der Waals surface area contributed by atoms with Crippen LogP contribution in [0.2, 0.25) is 0 Å². The molecule has 10 heteroatoms. The van der Waals surface area contributed by atoms with Gasteiger partial charge in [-0.25, -0.2) is 4.98 Å². The Balaban J connectivity index is 1.48. The summed E-state index contributed by atoms with van der Waals surface area (Å²) in [6.07, 6.45) is 4.19. The molecular formula is C26H27N5O3S2. The molecule has 8 nitrogen and oxygen atoms in total. The second kappa shape index (κ2) is 10.3. The van der Waals surface area contributed by atoms with Crippen LogP contribution in [-0.2, 0) is 4.79 Å². The highest BCUT2D eigenvalue weighted by Crippen LogP contribution is 2.34. The second-order valence-corrected chi connectivity index (χ2v) is 10.3. The van der Waals surface area contributed by atoms with Gasteiger partial charge in [0.2, 0.25) is 0 Å². The van der Waals surface area contributed by atoms with Crippen molar-refractivity contribution in [3.05, 3.63) is 69.5 Å². The third kappa shape index (κ3) is 4.58. The average Bonchev–Trinajstić information content (AvgIpc) is 3.18. The van der Waals surface area contributed by atoms with Gasteiger partial charge in [-0.2, -0.15) is 0 Å². The number of ether oxygens (including phenoxy) is 1. The highest BCUT2D eigenvalue weighted by molar-refractivity contribution is 8.26. The van der Waals surface area contributed by atoms with E-state index in [1.165, 1.54) is 16.2 Å². The number of carbonyl (C=O) groups is 1. The minimum absolute atomic E-state index is 0.153. The molecule has 5 rings (SSSR count). The molecule has 0 atom stereocenters. The number of thioether (sulfide) groups is 1. The van der Waals surface area contributed by atoms with Crippen LogP contribution in [0.4, 0.5) is 11.5 Å². The summed E-state index contributed by atoms with van der Waals surface area (Å²) in [6, 6.07) is 13.5. The van der Waals surface area contributed by atoms with Crippen molar-refractivity contribution in [2.75, 3.05) is 49.6 Å². The Morgan fingerprint density at radius 2 is 1.78 bits per heavy atom. The Kier molecular flexibility index (Phi) is 6.97. The molecule has 36 heavy (non-hydrogen) atoms. The molecule has 1 amide bonds. The number of carbonyl (C=O) groups excluding carboxylic acids is 1. The van der Waals surface area contributed by atoms with Crippen LogP contribution in [0, 0.1) is 0 Å². The molecule has 2 aromatic heterocycles. The predicted octanol–water partition coefficient (Wildman–Crippen LogP) is 3.64. The summed E-state index contributed by atoms with van der Waals surface area (Å²) in [5.41, 5.74) is 1.91. The van der Waals surface area contributed by atoms with E-state index < -0.39 is 0 Å². The van der Waals surface area contributed by atoms with Gasteiger partial charge in [-0.1, -0.05) is 37.0 Å². The summed E-state index contributed by atoms with van der Waals surface area (Å²) >= 11 is 6.67. The molecule has 0 radical (unpaired) electrons. The fraction of sp³-hybridized carbons (Fsp3) is 0.308. The van der Waals surface area contributed by atoms with Crippen molar-refractivity contribution in [1.29, 1.82) is 0 Å². The first-order chi connectivity index (χ1) is 17.5. The molecule has 0 saturated carbocycles. The molecule has 0 N–H and O–H groups in total. The zero-order valence-corrected chi connectivity index (χ0v) is 21.8. The fourth-order valence-corrected chi connectivity index (χ4v) is 5.77. The number of benzene rings is 1. The molecular weight excluding hydrogens is 494 g/mol. The van der Waals surface area contributed by atoms with E-state index in [-0.39, 0.29) is 11.5 Å². The lowest BCUT2D eigenvalue weighted by atomic mass is 10.2. The Bertz CT molecular complexity index is 1390. The molecule has 0 spiro atoms. The molecule has 1 aromatic carbocycles. The zero-order chi connectivity index (χ0) is 25.2. The van der Waals surface area contributed by atoms with E-state index in [4.69, 9.17) is 21.9 Å². The highest BCUT2D eigenvalue weighted by atomic mass is 32.2. The largest absolute Gasteiger partial charge is 0.497 e. The van der Waals surface area contributed by atoms with Gasteiger partial charge >= 0.3 is 0 Å². The van der Waals surface area contributed by atoms with Gasteiger partial charge in [0.25, 0.3) is 11.5 Å². The molecule has 186 valence electrons. The van der Waals surface area contributed by atoms with Gasteiger partial charge in [-0.15, -0.1) is 0 Å². The van der Waals surface area contributed by atoms with E-state index in [1.54, 1.807) is 30.3 Å². The molecule has 0 unspecified atom stereocenters. The molecule has 0 aliphatic carbocycles. The number of anilines is 2. The molecule has 0 bridgehead atoms. The number of hydrogen-bond acceptors (Lipinski definition) is 8. The summed E-state index contributed by atoms with van der Waals surface area (Å²) in [7, 11) is 1.66. The SMILES string of the molecule is CCCN1C(=O)C(=Cc2c(N3CCN(c4ccc(OC)cc4)CC3)nc3ccccn3c2=O)SC1=S. The van der Waals surface area contributed by atoms with E-state index in [9.17, 15) is 9.59 Å². The number of amides is 1. The Labute approximate surface area is 219 Å². The van der Waals surface area contributed by atoms with Crippen molar-refractivity contribution in [3.8, 4) is 5.75 Å². The van der Waals surface area contributed by atoms with Gasteiger partial charge in [-0.05, 0) is 48.9 Å². The Hall–Kier alpha value is -3.37. The number of thiocarbonyl (C=S) groups is 1. The minimum atomic E-state index is -0.200. The smallest absolute Gasteiger partial charge is 0.267 e.